The standard InChI is InChI=1S/C11H18O/c1-10(12-2)8-9-11-6-4-3-5-7-11/h10-11H,3-7H2,1-2H3. The normalized spacial score (nSPS) is 21.2. The van der Waals surface area contributed by atoms with Gasteiger partial charge in [-0.25, -0.2) is 0 Å². The predicted octanol–water partition coefficient (Wildman–Crippen LogP) is 2.61. The van der Waals surface area contributed by atoms with E-state index in [1.807, 2.05) is 6.92 Å². The van der Waals surface area contributed by atoms with E-state index < -0.39 is 0 Å². The number of ether oxygens (including phenoxy) is 1. The van der Waals surface area contributed by atoms with Gasteiger partial charge >= 0.3 is 0 Å². The van der Waals surface area contributed by atoms with Gasteiger partial charge in [-0.15, -0.1) is 0 Å². The zero-order chi connectivity index (χ0) is 8.81. The van der Waals surface area contributed by atoms with Gasteiger partial charge in [0.25, 0.3) is 0 Å². The fourth-order valence-corrected chi connectivity index (χ4v) is 1.54. The van der Waals surface area contributed by atoms with Crippen molar-refractivity contribution in [2.24, 2.45) is 5.92 Å². The van der Waals surface area contributed by atoms with E-state index in [0.29, 0.717) is 5.92 Å². The summed E-state index contributed by atoms with van der Waals surface area (Å²) in [6, 6.07) is 0. The Bertz CT molecular complexity index is 169. The van der Waals surface area contributed by atoms with E-state index in [0.717, 1.165) is 0 Å². The van der Waals surface area contributed by atoms with Gasteiger partial charge in [0.1, 0.15) is 6.10 Å². The molecule has 1 unspecified atom stereocenters. The molecule has 1 heteroatoms. The molecule has 1 aliphatic rings. The van der Waals surface area contributed by atoms with E-state index in [1.165, 1.54) is 32.1 Å². The summed E-state index contributed by atoms with van der Waals surface area (Å²) in [7, 11) is 1.71. The first kappa shape index (κ1) is 9.61. The third-order valence-electron chi connectivity index (χ3n) is 2.45. The minimum Gasteiger partial charge on any atom is -0.369 e. The number of hydrogen-bond donors (Lipinski definition) is 0. The highest BCUT2D eigenvalue weighted by atomic mass is 16.5. The second kappa shape index (κ2) is 5.22. The molecule has 1 rings (SSSR count). The molecular weight excluding hydrogens is 148 g/mol. The Labute approximate surface area is 75.5 Å². The second-order valence-electron chi connectivity index (χ2n) is 3.50. The Morgan fingerprint density at radius 1 is 1.25 bits per heavy atom. The quantitative estimate of drug-likeness (QED) is 0.544. The van der Waals surface area contributed by atoms with Crippen LogP contribution in [0.1, 0.15) is 39.0 Å². The van der Waals surface area contributed by atoms with Crippen LogP contribution in [0.2, 0.25) is 0 Å². The molecule has 0 aromatic rings. The van der Waals surface area contributed by atoms with Crippen LogP contribution in [-0.2, 0) is 4.74 Å². The summed E-state index contributed by atoms with van der Waals surface area (Å²) in [4.78, 5) is 0. The monoisotopic (exact) mass is 166 g/mol. The Morgan fingerprint density at radius 3 is 2.50 bits per heavy atom. The van der Waals surface area contributed by atoms with Crippen molar-refractivity contribution in [1.29, 1.82) is 0 Å². The first-order valence-corrected chi connectivity index (χ1v) is 4.87. The molecule has 1 saturated carbocycles. The van der Waals surface area contributed by atoms with Crippen molar-refractivity contribution in [3.05, 3.63) is 0 Å². The molecule has 1 fully saturated rings. The van der Waals surface area contributed by atoms with Crippen LogP contribution in [0.15, 0.2) is 0 Å². The van der Waals surface area contributed by atoms with E-state index in [2.05, 4.69) is 11.8 Å². The highest BCUT2D eigenvalue weighted by molar-refractivity contribution is 5.07. The van der Waals surface area contributed by atoms with E-state index >= 15 is 0 Å². The molecule has 68 valence electrons. The zero-order valence-electron chi connectivity index (χ0n) is 8.10. The maximum Gasteiger partial charge on any atom is 0.115 e. The molecule has 1 atom stereocenters. The maximum atomic E-state index is 5.07. The molecule has 12 heavy (non-hydrogen) atoms. The maximum absolute atomic E-state index is 5.07. The topological polar surface area (TPSA) is 9.23 Å². The predicted molar refractivity (Wildman–Crippen MR) is 50.8 cm³/mol. The molecule has 0 aromatic carbocycles. The van der Waals surface area contributed by atoms with Gasteiger partial charge in [0, 0.05) is 13.0 Å². The van der Waals surface area contributed by atoms with Crippen molar-refractivity contribution in [3.63, 3.8) is 0 Å². The Kier molecular flexibility index (Phi) is 4.18. The molecule has 1 nitrogen and oxygen atoms in total. The highest BCUT2D eigenvalue weighted by Gasteiger charge is 2.09. The van der Waals surface area contributed by atoms with Crippen LogP contribution in [0.3, 0.4) is 0 Å². The van der Waals surface area contributed by atoms with Crippen molar-refractivity contribution < 1.29 is 4.74 Å². The molecule has 0 radical (unpaired) electrons. The molecule has 0 heterocycles. The van der Waals surface area contributed by atoms with Crippen molar-refractivity contribution in [2.75, 3.05) is 7.11 Å². The van der Waals surface area contributed by atoms with Gasteiger partial charge in [0.05, 0.1) is 0 Å². The lowest BCUT2D eigenvalue weighted by molar-refractivity contribution is 0.163. The average molecular weight is 166 g/mol. The zero-order valence-corrected chi connectivity index (χ0v) is 8.10. The lowest BCUT2D eigenvalue weighted by Crippen LogP contribution is -2.05. The Hall–Kier alpha value is -0.480. The van der Waals surface area contributed by atoms with Crippen LogP contribution < -0.4 is 0 Å². The van der Waals surface area contributed by atoms with Crippen molar-refractivity contribution in [1.82, 2.24) is 0 Å². The van der Waals surface area contributed by atoms with Crippen LogP contribution in [-0.4, -0.2) is 13.2 Å². The average Bonchev–Trinajstić information content (AvgIpc) is 2.16. The van der Waals surface area contributed by atoms with Crippen molar-refractivity contribution in [2.45, 2.75) is 45.1 Å². The summed E-state index contributed by atoms with van der Waals surface area (Å²) in [6.07, 6.45) is 6.82. The van der Waals surface area contributed by atoms with Crippen LogP contribution in [0, 0.1) is 17.8 Å². The minimum absolute atomic E-state index is 0.104. The molecule has 0 spiro atoms. The molecule has 0 bridgehead atoms. The molecule has 1 aliphatic carbocycles. The third kappa shape index (κ3) is 3.28. The first-order chi connectivity index (χ1) is 5.83. The van der Waals surface area contributed by atoms with Crippen LogP contribution in [0.5, 0.6) is 0 Å². The minimum atomic E-state index is 0.104. The SMILES string of the molecule is COC(C)C#CC1CCCCC1. The largest absolute Gasteiger partial charge is 0.369 e. The summed E-state index contributed by atoms with van der Waals surface area (Å²) in [5.41, 5.74) is 0. The molecule has 0 amide bonds. The lowest BCUT2D eigenvalue weighted by atomic mass is 9.90. The van der Waals surface area contributed by atoms with Crippen LogP contribution in [0.25, 0.3) is 0 Å². The van der Waals surface area contributed by atoms with Gasteiger partial charge in [0.15, 0.2) is 0 Å². The van der Waals surface area contributed by atoms with Crippen LogP contribution in [0.4, 0.5) is 0 Å². The second-order valence-corrected chi connectivity index (χ2v) is 3.50. The highest BCUT2D eigenvalue weighted by Crippen LogP contribution is 2.22. The van der Waals surface area contributed by atoms with E-state index in [9.17, 15) is 0 Å². The van der Waals surface area contributed by atoms with Gasteiger partial charge in [-0.05, 0) is 19.8 Å². The van der Waals surface area contributed by atoms with Crippen molar-refractivity contribution in [3.8, 4) is 11.8 Å². The van der Waals surface area contributed by atoms with Gasteiger partial charge in [-0.3, -0.25) is 0 Å². The molecular formula is C11H18O. The smallest absolute Gasteiger partial charge is 0.115 e. The fourth-order valence-electron chi connectivity index (χ4n) is 1.54. The van der Waals surface area contributed by atoms with E-state index in [-0.39, 0.29) is 6.10 Å². The van der Waals surface area contributed by atoms with Gasteiger partial charge in [-0.2, -0.15) is 0 Å². The summed E-state index contributed by atoms with van der Waals surface area (Å²) < 4.78 is 5.07. The number of rotatable bonds is 1. The van der Waals surface area contributed by atoms with E-state index in [4.69, 9.17) is 4.74 Å². The summed E-state index contributed by atoms with van der Waals surface area (Å²) >= 11 is 0. The molecule has 0 N–H and O–H groups in total. The van der Waals surface area contributed by atoms with Gasteiger partial charge in [0.2, 0.25) is 0 Å². The molecule has 0 saturated heterocycles. The van der Waals surface area contributed by atoms with E-state index in [1.54, 1.807) is 7.11 Å². The Balaban J connectivity index is 2.30. The number of methoxy groups -OCH3 is 1. The summed E-state index contributed by atoms with van der Waals surface area (Å²) in [5, 5.41) is 0. The molecule has 0 aromatic heterocycles. The van der Waals surface area contributed by atoms with Gasteiger partial charge in [-0.1, -0.05) is 31.1 Å². The third-order valence-corrected chi connectivity index (χ3v) is 2.45. The molecule has 0 aliphatic heterocycles. The van der Waals surface area contributed by atoms with Crippen LogP contribution >= 0.6 is 0 Å². The van der Waals surface area contributed by atoms with Crippen molar-refractivity contribution >= 4 is 0 Å². The number of hydrogen-bond acceptors (Lipinski definition) is 1. The van der Waals surface area contributed by atoms with Gasteiger partial charge < -0.3 is 4.74 Å². The summed E-state index contributed by atoms with van der Waals surface area (Å²) in [6.45, 7) is 2.00. The fraction of sp³-hybridized carbons (Fsp3) is 0.818. The Morgan fingerprint density at radius 2 is 1.92 bits per heavy atom. The first-order valence-electron chi connectivity index (χ1n) is 4.87. The summed E-state index contributed by atoms with van der Waals surface area (Å²) in [5.74, 6) is 7.08. The lowest BCUT2D eigenvalue weighted by Gasteiger charge is -2.15.